The Labute approximate surface area is 55.2 Å². The summed E-state index contributed by atoms with van der Waals surface area (Å²) in [5, 5.41) is 11.5. The molecule has 0 saturated carbocycles. The van der Waals surface area contributed by atoms with E-state index >= 15 is 0 Å². The summed E-state index contributed by atoms with van der Waals surface area (Å²) in [5.41, 5.74) is 0.811. The summed E-state index contributed by atoms with van der Waals surface area (Å²) in [4.78, 5) is 0. The molecule has 0 aromatic heterocycles. The van der Waals surface area contributed by atoms with E-state index in [-0.39, 0.29) is 5.54 Å². The van der Waals surface area contributed by atoms with Crippen LogP contribution in [0.25, 0.3) is 0 Å². The fourth-order valence-electron chi connectivity index (χ4n) is 0.897. The van der Waals surface area contributed by atoms with E-state index in [0.717, 1.165) is 6.42 Å². The molecule has 0 spiro atoms. The summed E-state index contributed by atoms with van der Waals surface area (Å²) in [7, 11) is 0. The molecule has 0 amide bonds. The average molecular weight is 122 g/mol. The van der Waals surface area contributed by atoms with Crippen molar-refractivity contribution in [2.24, 2.45) is 0 Å². The first-order chi connectivity index (χ1) is 4.14. The Hall–Kier alpha value is -0.970. The predicted molar refractivity (Wildman–Crippen MR) is 35.5 cm³/mol. The molecular formula is C7H10N2. The SMILES string of the molecule is CC1(C)CC=C(C#N)N1. The van der Waals surface area contributed by atoms with Crippen LogP contribution in [0, 0.1) is 11.3 Å². The molecule has 0 bridgehead atoms. The number of nitrogens with one attached hydrogen (secondary N) is 1. The molecule has 1 heterocycles. The Bertz CT molecular complexity index is 184. The Morgan fingerprint density at radius 1 is 1.78 bits per heavy atom. The van der Waals surface area contributed by atoms with Crippen LogP contribution in [0.3, 0.4) is 0 Å². The molecule has 9 heavy (non-hydrogen) atoms. The van der Waals surface area contributed by atoms with Crippen LogP contribution >= 0.6 is 0 Å². The summed E-state index contributed by atoms with van der Waals surface area (Å²) in [5.74, 6) is 0. The third kappa shape index (κ3) is 1.23. The van der Waals surface area contributed by atoms with Gasteiger partial charge in [0.1, 0.15) is 11.8 Å². The highest BCUT2D eigenvalue weighted by Gasteiger charge is 2.22. The summed E-state index contributed by atoms with van der Waals surface area (Å²) in [6.45, 7) is 4.15. The maximum atomic E-state index is 8.42. The molecule has 0 aromatic carbocycles. The van der Waals surface area contributed by atoms with Gasteiger partial charge in [-0.3, -0.25) is 0 Å². The number of hydrogen-bond donors (Lipinski definition) is 1. The van der Waals surface area contributed by atoms with E-state index < -0.39 is 0 Å². The van der Waals surface area contributed by atoms with Crippen LogP contribution in [0.4, 0.5) is 0 Å². The highest BCUT2D eigenvalue weighted by Crippen LogP contribution is 2.18. The molecule has 0 saturated heterocycles. The van der Waals surface area contributed by atoms with Crippen LogP contribution in [0.15, 0.2) is 11.8 Å². The van der Waals surface area contributed by atoms with Gasteiger partial charge in [-0.1, -0.05) is 0 Å². The van der Waals surface area contributed by atoms with E-state index in [4.69, 9.17) is 5.26 Å². The number of hydrogen-bond acceptors (Lipinski definition) is 2. The van der Waals surface area contributed by atoms with Gasteiger partial charge in [0, 0.05) is 5.54 Å². The predicted octanol–water partition coefficient (Wildman–Crippen LogP) is 1.17. The zero-order chi connectivity index (χ0) is 6.91. The van der Waals surface area contributed by atoms with Gasteiger partial charge in [-0.05, 0) is 26.3 Å². The lowest BCUT2D eigenvalue weighted by molar-refractivity contribution is 0.471. The summed E-state index contributed by atoms with van der Waals surface area (Å²) >= 11 is 0. The van der Waals surface area contributed by atoms with Gasteiger partial charge in [0.25, 0.3) is 0 Å². The smallest absolute Gasteiger partial charge is 0.117 e. The zero-order valence-corrected chi connectivity index (χ0v) is 5.73. The molecule has 0 aliphatic carbocycles. The number of nitriles is 1. The molecule has 0 aromatic rings. The maximum Gasteiger partial charge on any atom is 0.117 e. The minimum absolute atomic E-state index is 0.102. The van der Waals surface area contributed by atoms with Crippen molar-refractivity contribution in [3.05, 3.63) is 11.8 Å². The van der Waals surface area contributed by atoms with Crippen LogP contribution in [0.2, 0.25) is 0 Å². The Balaban J connectivity index is 2.63. The molecule has 2 heteroatoms. The van der Waals surface area contributed by atoms with Crippen molar-refractivity contribution < 1.29 is 0 Å². The van der Waals surface area contributed by atoms with Crippen molar-refractivity contribution in [2.45, 2.75) is 25.8 Å². The van der Waals surface area contributed by atoms with Crippen molar-refractivity contribution in [1.82, 2.24) is 5.32 Å². The second-order valence-electron chi connectivity index (χ2n) is 2.94. The molecule has 0 fully saturated rings. The van der Waals surface area contributed by atoms with Gasteiger partial charge < -0.3 is 5.32 Å². The fourth-order valence-corrected chi connectivity index (χ4v) is 0.897. The highest BCUT2D eigenvalue weighted by molar-refractivity contribution is 5.25. The lowest BCUT2D eigenvalue weighted by Crippen LogP contribution is -2.32. The third-order valence-electron chi connectivity index (χ3n) is 1.41. The van der Waals surface area contributed by atoms with Crippen molar-refractivity contribution in [3.8, 4) is 6.07 Å². The molecule has 2 nitrogen and oxygen atoms in total. The number of rotatable bonds is 0. The maximum absolute atomic E-state index is 8.42. The summed E-state index contributed by atoms with van der Waals surface area (Å²) in [6, 6.07) is 2.07. The molecule has 0 atom stereocenters. The van der Waals surface area contributed by atoms with Gasteiger partial charge in [0.2, 0.25) is 0 Å². The standard InChI is InChI=1S/C7H10N2/c1-7(2)4-3-6(5-8)9-7/h3,9H,4H2,1-2H3. The molecular weight excluding hydrogens is 112 g/mol. The van der Waals surface area contributed by atoms with E-state index in [0.29, 0.717) is 5.70 Å². The van der Waals surface area contributed by atoms with Gasteiger partial charge >= 0.3 is 0 Å². The van der Waals surface area contributed by atoms with Gasteiger partial charge in [0.05, 0.1) is 0 Å². The Morgan fingerprint density at radius 2 is 2.44 bits per heavy atom. The molecule has 1 rings (SSSR count). The number of nitrogens with zero attached hydrogens (tertiary/aromatic N) is 1. The Kier molecular flexibility index (Phi) is 1.21. The van der Waals surface area contributed by atoms with Crippen LogP contribution < -0.4 is 5.32 Å². The first kappa shape index (κ1) is 6.15. The first-order valence-electron chi connectivity index (χ1n) is 3.02. The van der Waals surface area contributed by atoms with Crippen LogP contribution in [-0.4, -0.2) is 5.54 Å². The molecule has 1 aliphatic heterocycles. The molecule has 1 N–H and O–H groups in total. The lowest BCUT2D eigenvalue weighted by atomic mass is 10.1. The van der Waals surface area contributed by atoms with E-state index in [9.17, 15) is 0 Å². The highest BCUT2D eigenvalue weighted by atomic mass is 15.0. The minimum atomic E-state index is 0.102. The van der Waals surface area contributed by atoms with Crippen LogP contribution in [0.5, 0.6) is 0 Å². The quantitative estimate of drug-likeness (QED) is 0.523. The molecule has 0 radical (unpaired) electrons. The number of allylic oxidation sites excluding steroid dienone is 1. The largest absolute Gasteiger partial charge is 0.372 e. The van der Waals surface area contributed by atoms with Crippen molar-refractivity contribution >= 4 is 0 Å². The van der Waals surface area contributed by atoms with Crippen LogP contribution in [-0.2, 0) is 0 Å². The minimum Gasteiger partial charge on any atom is -0.372 e. The molecule has 48 valence electrons. The van der Waals surface area contributed by atoms with Gasteiger partial charge in [-0.15, -0.1) is 0 Å². The lowest BCUT2D eigenvalue weighted by Gasteiger charge is -2.18. The van der Waals surface area contributed by atoms with Crippen LogP contribution in [0.1, 0.15) is 20.3 Å². The van der Waals surface area contributed by atoms with Gasteiger partial charge in [-0.2, -0.15) is 5.26 Å². The molecule has 1 aliphatic rings. The van der Waals surface area contributed by atoms with E-state index in [1.54, 1.807) is 0 Å². The monoisotopic (exact) mass is 122 g/mol. The van der Waals surface area contributed by atoms with E-state index in [1.807, 2.05) is 6.08 Å². The first-order valence-corrected chi connectivity index (χ1v) is 3.02. The second-order valence-corrected chi connectivity index (χ2v) is 2.94. The van der Waals surface area contributed by atoms with E-state index in [2.05, 4.69) is 25.2 Å². The molecule has 0 unspecified atom stereocenters. The average Bonchev–Trinajstić information content (AvgIpc) is 2.10. The summed E-state index contributed by atoms with van der Waals surface area (Å²) < 4.78 is 0. The zero-order valence-electron chi connectivity index (χ0n) is 5.73. The normalized spacial score (nSPS) is 22.1. The summed E-state index contributed by atoms with van der Waals surface area (Å²) in [6.07, 6.45) is 2.88. The Morgan fingerprint density at radius 3 is 2.67 bits per heavy atom. The second kappa shape index (κ2) is 1.77. The topological polar surface area (TPSA) is 35.8 Å². The van der Waals surface area contributed by atoms with Crippen molar-refractivity contribution in [3.63, 3.8) is 0 Å². The van der Waals surface area contributed by atoms with Crippen molar-refractivity contribution in [2.75, 3.05) is 0 Å². The third-order valence-corrected chi connectivity index (χ3v) is 1.41. The van der Waals surface area contributed by atoms with Gasteiger partial charge in [-0.25, -0.2) is 0 Å². The van der Waals surface area contributed by atoms with E-state index in [1.165, 1.54) is 0 Å². The van der Waals surface area contributed by atoms with Crippen molar-refractivity contribution in [1.29, 1.82) is 5.26 Å². The van der Waals surface area contributed by atoms with Gasteiger partial charge in [0.15, 0.2) is 0 Å². The fraction of sp³-hybridized carbons (Fsp3) is 0.571.